The van der Waals surface area contributed by atoms with Gasteiger partial charge >= 0.3 is 5.69 Å². The van der Waals surface area contributed by atoms with Crippen LogP contribution in [0, 0.1) is 11.3 Å². The molecule has 0 saturated heterocycles. The Morgan fingerprint density at radius 1 is 1.26 bits per heavy atom. The number of carbonyl (C=O) groups is 1. The molecular weight excluding hydrogens is 374 g/mol. The van der Waals surface area contributed by atoms with Crippen molar-refractivity contribution in [3.05, 3.63) is 66.6 Å². The summed E-state index contributed by atoms with van der Waals surface area (Å²) in [7, 11) is 2.66. The summed E-state index contributed by atoms with van der Waals surface area (Å²) in [6.45, 7) is 0. The number of hydrogen-bond acceptors (Lipinski definition) is 6. The standard InChI is InChI=1S/C17H12ClN5O4/c1-22-13(24)11-14(23(2)16(22)26)27-12(20)9(6-19)17(11)8-5-7(18)3-4-10(8)21-15(17)25/h3-5H,20H2,1-2H3,(H,21,25). The van der Waals surface area contributed by atoms with E-state index in [0.717, 1.165) is 9.13 Å². The molecule has 1 atom stereocenters. The highest BCUT2D eigenvalue weighted by Crippen LogP contribution is 2.52. The lowest BCUT2D eigenvalue weighted by molar-refractivity contribution is -0.118. The lowest BCUT2D eigenvalue weighted by Gasteiger charge is -2.33. The summed E-state index contributed by atoms with van der Waals surface area (Å²) in [6, 6.07) is 6.51. The third kappa shape index (κ3) is 1.85. The highest BCUT2D eigenvalue weighted by atomic mass is 35.5. The molecule has 9 nitrogen and oxygen atoms in total. The number of hydrogen-bond donors (Lipinski definition) is 2. The molecule has 0 fully saturated rings. The number of halogens is 1. The van der Waals surface area contributed by atoms with Crippen LogP contribution in [0.3, 0.4) is 0 Å². The first kappa shape index (κ1) is 16.9. The van der Waals surface area contributed by atoms with Gasteiger partial charge in [-0.2, -0.15) is 5.26 Å². The fourth-order valence-corrected chi connectivity index (χ4v) is 3.81. The van der Waals surface area contributed by atoms with Crippen LogP contribution in [0.5, 0.6) is 5.88 Å². The van der Waals surface area contributed by atoms with Crippen LogP contribution in [0.1, 0.15) is 11.1 Å². The Morgan fingerprint density at radius 2 is 1.96 bits per heavy atom. The van der Waals surface area contributed by atoms with Crippen LogP contribution in [0.25, 0.3) is 0 Å². The molecule has 1 amide bonds. The maximum absolute atomic E-state index is 13.2. The van der Waals surface area contributed by atoms with Gasteiger partial charge in [0.15, 0.2) is 5.41 Å². The van der Waals surface area contributed by atoms with Crippen molar-refractivity contribution in [2.75, 3.05) is 5.32 Å². The van der Waals surface area contributed by atoms with Gasteiger partial charge in [-0.15, -0.1) is 0 Å². The quantitative estimate of drug-likeness (QED) is 0.659. The van der Waals surface area contributed by atoms with Gasteiger partial charge in [0.1, 0.15) is 17.2 Å². The molecule has 2 aliphatic rings. The van der Waals surface area contributed by atoms with Gasteiger partial charge in [0, 0.05) is 30.4 Å². The maximum Gasteiger partial charge on any atom is 0.333 e. The van der Waals surface area contributed by atoms with Crippen LogP contribution in [0.4, 0.5) is 5.69 Å². The summed E-state index contributed by atoms with van der Waals surface area (Å²) in [5, 5.41) is 12.7. The summed E-state index contributed by atoms with van der Waals surface area (Å²) in [6.07, 6.45) is 0. The number of rotatable bonds is 0. The molecule has 2 aliphatic heterocycles. The molecule has 0 radical (unpaired) electrons. The summed E-state index contributed by atoms with van der Waals surface area (Å²) >= 11 is 6.12. The second kappa shape index (κ2) is 5.25. The zero-order chi connectivity index (χ0) is 19.7. The molecule has 1 aromatic carbocycles. The van der Waals surface area contributed by atoms with E-state index in [1.165, 1.54) is 20.2 Å². The molecule has 27 heavy (non-hydrogen) atoms. The minimum absolute atomic E-state index is 0.170. The van der Waals surface area contributed by atoms with E-state index in [2.05, 4.69) is 5.32 Å². The average Bonchev–Trinajstić information content (AvgIpc) is 2.90. The molecule has 0 bridgehead atoms. The summed E-state index contributed by atoms with van der Waals surface area (Å²) in [5.41, 5.74) is 2.88. The van der Waals surface area contributed by atoms with Crippen LogP contribution in [-0.2, 0) is 24.3 Å². The third-order valence-electron chi connectivity index (χ3n) is 4.90. The van der Waals surface area contributed by atoms with Gasteiger partial charge in [0.05, 0.1) is 0 Å². The number of aromatic nitrogens is 2. The number of benzene rings is 1. The van der Waals surface area contributed by atoms with Crippen LogP contribution in [-0.4, -0.2) is 15.0 Å². The van der Waals surface area contributed by atoms with Gasteiger partial charge in [0.2, 0.25) is 17.7 Å². The first-order chi connectivity index (χ1) is 12.7. The number of fused-ring (bicyclic) bond motifs is 4. The molecule has 0 aliphatic carbocycles. The van der Waals surface area contributed by atoms with Gasteiger partial charge in [-0.25, -0.2) is 4.79 Å². The van der Waals surface area contributed by atoms with Crippen molar-refractivity contribution in [1.82, 2.24) is 9.13 Å². The number of nitrogens with zero attached hydrogens (tertiary/aromatic N) is 3. The molecule has 1 spiro atoms. The van der Waals surface area contributed by atoms with E-state index < -0.39 is 22.6 Å². The van der Waals surface area contributed by atoms with E-state index >= 15 is 0 Å². The number of ether oxygens (including phenoxy) is 1. The molecular formula is C17H12ClN5O4. The van der Waals surface area contributed by atoms with E-state index in [4.69, 9.17) is 22.1 Å². The van der Waals surface area contributed by atoms with E-state index in [1.54, 1.807) is 12.1 Å². The Morgan fingerprint density at radius 3 is 2.63 bits per heavy atom. The zero-order valence-electron chi connectivity index (χ0n) is 14.2. The predicted molar refractivity (Wildman–Crippen MR) is 95.2 cm³/mol. The largest absolute Gasteiger partial charge is 0.423 e. The number of nitriles is 1. The van der Waals surface area contributed by atoms with Crippen molar-refractivity contribution in [2.45, 2.75) is 5.41 Å². The SMILES string of the molecule is Cn1c2c(c(=O)n(C)c1=O)C1(C(=O)Nc3ccc(Cl)cc31)C(C#N)=C(N)O2. The van der Waals surface area contributed by atoms with Crippen molar-refractivity contribution < 1.29 is 9.53 Å². The van der Waals surface area contributed by atoms with Gasteiger partial charge in [-0.3, -0.25) is 18.7 Å². The van der Waals surface area contributed by atoms with Gasteiger partial charge in [-0.05, 0) is 18.2 Å². The monoisotopic (exact) mass is 385 g/mol. The molecule has 3 N–H and O–H groups in total. The minimum Gasteiger partial charge on any atom is -0.423 e. The first-order valence-electron chi connectivity index (χ1n) is 7.75. The fraction of sp³-hybridized carbons (Fsp3) is 0.176. The number of nitrogens with one attached hydrogen (secondary N) is 1. The molecule has 4 rings (SSSR count). The predicted octanol–water partition coefficient (Wildman–Crippen LogP) is 0.0619. The topological polar surface area (TPSA) is 132 Å². The van der Waals surface area contributed by atoms with Crippen molar-refractivity contribution in [1.29, 1.82) is 5.26 Å². The van der Waals surface area contributed by atoms with Crippen molar-refractivity contribution >= 4 is 23.2 Å². The molecule has 0 saturated carbocycles. The highest BCUT2D eigenvalue weighted by molar-refractivity contribution is 6.31. The van der Waals surface area contributed by atoms with E-state index in [-0.39, 0.29) is 22.9 Å². The number of carbonyl (C=O) groups excluding carboxylic acids is 1. The van der Waals surface area contributed by atoms with Crippen LogP contribution >= 0.6 is 11.6 Å². The number of anilines is 1. The first-order valence-corrected chi connectivity index (χ1v) is 8.13. The lowest BCUT2D eigenvalue weighted by Crippen LogP contribution is -2.51. The van der Waals surface area contributed by atoms with E-state index in [0.29, 0.717) is 16.3 Å². The Hall–Kier alpha value is -3.51. The summed E-state index contributed by atoms with van der Waals surface area (Å²) in [4.78, 5) is 38.5. The Kier molecular flexibility index (Phi) is 3.29. The molecule has 10 heteroatoms. The summed E-state index contributed by atoms with van der Waals surface area (Å²) < 4.78 is 7.34. The third-order valence-corrected chi connectivity index (χ3v) is 5.14. The smallest absolute Gasteiger partial charge is 0.333 e. The zero-order valence-corrected chi connectivity index (χ0v) is 14.9. The minimum atomic E-state index is -1.87. The van der Waals surface area contributed by atoms with E-state index in [1.807, 2.05) is 6.07 Å². The molecule has 2 aromatic rings. The van der Waals surface area contributed by atoms with Gasteiger partial charge in [-0.1, -0.05) is 11.6 Å². The highest BCUT2D eigenvalue weighted by Gasteiger charge is 2.59. The van der Waals surface area contributed by atoms with Crippen LogP contribution in [0.2, 0.25) is 5.02 Å². The maximum atomic E-state index is 13.2. The lowest BCUT2D eigenvalue weighted by atomic mass is 9.69. The molecule has 1 aromatic heterocycles. The molecule has 1 unspecified atom stereocenters. The Bertz CT molecular complexity index is 1250. The van der Waals surface area contributed by atoms with Crippen molar-refractivity contribution in [2.24, 2.45) is 19.8 Å². The molecule has 3 heterocycles. The second-order valence-corrected chi connectivity index (χ2v) is 6.67. The summed E-state index contributed by atoms with van der Waals surface area (Å²) in [5.74, 6) is -1.21. The van der Waals surface area contributed by atoms with Gasteiger partial charge < -0.3 is 15.8 Å². The van der Waals surface area contributed by atoms with Crippen LogP contribution in [0.15, 0.2) is 39.2 Å². The van der Waals surface area contributed by atoms with E-state index in [9.17, 15) is 19.6 Å². The second-order valence-electron chi connectivity index (χ2n) is 6.23. The number of amides is 1. The Labute approximate surface area is 156 Å². The van der Waals surface area contributed by atoms with Gasteiger partial charge in [0.25, 0.3) is 5.56 Å². The Balaban J connectivity index is 2.29. The normalized spacial score (nSPS) is 20.0. The van der Waals surface area contributed by atoms with Crippen molar-refractivity contribution in [3.8, 4) is 11.9 Å². The average molecular weight is 386 g/mol. The fourth-order valence-electron chi connectivity index (χ4n) is 3.64. The number of nitrogens with two attached hydrogens (primary N) is 1. The molecule has 136 valence electrons. The van der Waals surface area contributed by atoms with Crippen molar-refractivity contribution in [3.63, 3.8) is 0 Å². The van der Waals surface area contributed by atoms with Crippen LogP contribution < -0.4 is 27.0 Å².